The number of amides is 1. The molecule has 2 heterocycles. The van der Waals surface area contributed by atoms with Crippen molar-refractivity contribution in [3.63, 3.8) is 0 Å². The number of likely N-dealkylation sites (tertiary alicyclic amines) is 1. The molecule has 2 aliphatic rings. The number of carbonyl (C=O) groups excluding carboxylic acids is 3. The van der Waals surface area contributed by atoms with Gasteiger partial charge in [-0.05, 0) is 37.5 Å². The fourth-order valence-electron chi connectivity index (χ4n) is 2.51. The van der Waals surface area contributed by atoms with Crippen LogP contribution in [0.15, 0.2) is 18.2 Å². The molecular formula is C15H15NO5. The van der Waals surface area contributed by atoms with E-state index in [9.17, 15) is 14.4 Å². The van der Waals surface area contributed by atoms with Crippen LogP contribution in [-0.4, -0.2) is 42.3 Å². The smallest absolute Gasteiger partial charge is 0.298 e. The topological polar surface area (TPSA) is 72.9 Å². The van der Waals surface area contributed by atoms with Crippen LogP contribution < -0.4 is 9.47 Å². The molecule has 1 amide bonds. The van der Waals surface area contributed by atoms with Gasteiger partial charge in [0.15, 0.2) is 11.5 Å². The third-order valence-electron chi connectivity index (χ3n) is 3.68. The highest BCUT2D eigenvalue weighted by molar-refractivity contribution is 6.66. The monoisotopic (exact) mass is 289 g/mol. The average Bonchev–Trinajstić information content (AvgIpc) is 3.01. The van der Waals surface area contributed by atoms with E-state index >= 15 is 0 Å². The van der Waals surface area contributed by atoms with Crippen LogP contribution in [0.3, 0.4) is 0 Å². The van der Waals surface area contributed by atoms with Crippen molar-refractivity contribution in [2.45, 2.75) is 19.3 Å². The van der Waals surface area contributed by atoms with Gasteiger partial charge in [0.1, 0.15) is 0 Å². The molecule has 1 aromatic carbocycles. The van der Waals surface area contributed by atoms with Crippen molar-refractivity contribution < 1.29 is 23.9 Å². The minimum atomic E-state index is -0.990. The van der Waals surface area contributed by atoms with Crippen LogP contribution in [0.4, 0.5) is 0 Å². The van der Waals surface area contributed by atoms with Crippen LogP contribution >= 0.6 is 0 Å². The number of nitrogens with zero attached hydrogens (tertiary/aromatic N) is 1. The van der Waals surface area contributed by atoms with Crippen LogP contribution in [0, 0.1) is 0 Å². The van der Waals surface area contributed by atoms with E-state index in [1.807, 2.05) is 0 Å². The largest absolute Gasteiger partial charge is 0.454 e. The molecule has 0 spiro atoms. The van der Waals surface area contributed by atoms with Gasteiger partial charge in [-0.2, -0.15) is 0 Å². The molecule has 21 heavy (non-hydrogen) atoms. The molecule has 0 radical (unpaired) electrons. The van der Waals surface area contributed by atoms with Crippen LogP contribution in [-0.2, 0) is 9.59 Å². The van der Waals surface area contributed by atoms with E-state index in [-0.39, 0.29) is 12.4 Å². The lowest BCUT2D eigenvalue weighted by Crippen LogP contribution is -2.42. The Bertz CT molecular complexity index is 604. The highest BCUT2D eigenvalue weighted by atomic mass is 16.7. The Morgan fingerprint density at radius 1 is 0.952 bits per heavy atom. The standard InChI is InChI=1S/C15H15NO5/c17-13(10-4-5-11-12(8-10)21-9-20-11)14(18)15(19)16-6-2-1-3-7-16/h4-5,8H,1-3,6-7,9H2. The molecule has 1 aromatic rings. The lowest BCUT2D eigenvalue weighted by Gasteiger charge is -2.25. The molecule has 0 saturated carbocycles. The van der Waals surface area contributed by atoms with Crippen LogP contribution in [0.25, 0.3) is 0 Å². The highest BCUT2D eigenvalue weighted by Crippen LogP contribution is 2.32. The summed E-state index contributed by atoms with van der Waals surface area (Å²) in [5.74, 6) is -1.56. The van der Waals surface area contributed by atoms with Gasteiger partial charge in [0.05, 0.1) is 0 Å². The first-order valence-electron chi connectivity index (χ1n) is 6.94. The number of carbonyl (C=O) groups is 3. The van der Waals surface area contributed by atoms with Gasteiger partial charge in [-0.15, -0.1) is 0 Å². The second-order valence-electron chi connectivity index (χ2n) is 5.08. The van der Waals surface area contributed by atoms with Crippen molar-refractivity contribution in [1.29, 1.82) is 0 Å². The van der Waals surface area contributed by atoms with E-state index in [2.05, 4.69) is 0 Å². The highest BCUT2D eigenvalue weighted by Gasteiger charge is 2.30. The first-order valence-corrected chi connectivity index (χ1v) is 6.94. The number of piperidine rings is 1. The Labute approximate surface area is 121 Å². The number of benzene rings is 1. The summed E-state index contributed by atoms with van der Waals surface area (Å²) in [5, 5.41) is 0. The molecule has 0 aromatic heterocycles. The molecule has 0 N–H and O–H groups in total. The Balaban J connectivity index is 1.75. The van der Waals surface area contributed by atoms with E-state index in [1.54, 1.807) is 6.07 Å². The Morgan fingerprint density at radius 3 is 2.43 bits per heavy atom. The molecule has 3 rings (SSSR count). The summed E-state index contributed by atoms with van der Waals surface area (Å²) in [4.78, 5) is 37.7. The number of fused-ring (bicyclic) bond motifs is 1. The first kappa shape index (κ1) is 13.6. The molecule has 110 valence electrons. The number of ketones is 2. The van der Waals surface area contributed by atoms with Crippen molar-refractivity contribution in [3.8, 4) is 11.5 Å². The van der Waals surface area contributed by atoms with Gasteiger partial charge in [0.2, 0.25) is 12.6 Å². The lowest BCUT2D eigenvalue weighted by molar-refractivity contribution is -0.142. The second-order valence-corrected chi connectivity index (χ2v) is 5.08. The van der Waals surface area contributed by atoms with Gasteiger partial charge in [0, 0.05) is 18.7 Å². The van der Waals surface area contributed by atoms with Gasteiger partial charge in [-0.3, -0.25) is 14.4 Å². The van der Waals surface area contributed by atoms with E-state index in [1.165, 1.54) is 17.0 Å². The predicted octanol–water partition coefficient (Wildman–Crippen LogP) is 1.18. The molecule has 1 saturated heterocycles. The number of rotatable bonds is 3. The maximum Gasteiger partial charge on any atom is 0.298 e. The van der Waals surface area contributed by atoms with E-state index in [4.69, 9.17) is 9.47 Å². The minimum Gasteiger partial charge on any atom is -0.454 e. The fourth-order valence-corrected chi connectivity index (χ4v) is 2.51. The predicted molar refractivity (Wildman–Crippen MR) is 72.3 cm³/mol. The van der Waals surface area contributed by atoms with Crippen molar-refractivity contribution in [2.75, 3.05) is 19.9 Å². The Kier molecular flexibility index (Phi) is 3.60. The quantitative estimate of drug-likeness (QED) is 0.474. The Morgan fingerprint density at radius 2 is 1.67 bits per heavy atom. The molecule has 2 aliphatic heterocycles. The van der Waals surface area contributed by atoms with Crippen molar-refractivity contribution >= 4 is 17.5 Å². The van der Waals surface area contributed by atoms with Gasteiger partial charge in [-0.25, -0.2) is 0 Å². The maximum absolute atomic E-state index is 12.1. The molecular weight excluding hydrogens is 274 g/mol. The van der Waals surface area contributed by atoms with Crippen LogP contribution in [0.2, 0.25) is 0 Å². The molecule has 6 nitrogen and oxygen atoms in total. The summed E-state index contributed by atoms with van der Waals surface area (Å²) in [5.41, 5.74) is 0.148. The number of ether oxygens (including phenoxy) is 2. The van der Waals surface area contributed by atoms with E-state index < -0.39 is 17.5 Å². The molecule has 0 unspecified atom stereocenters. The van der Waals surface area contributed by atoms with Crippen molar-refractivity contribution in [1.82, 2.24) is 4.90 Å². The zero-order chi connectivity index (χ0) is 14.8. The lowest BCUT2D eigenvalue weighted by atomic mass is 10.0. The second kappa shape index (κ2) is 5.55. The summed E-state index contributed by atoms with van der Waals surface area (Å²) in [6.07, 6.45) is 2.79. The first-order chi connectivity index (χ1) is 10.2. The zero-order valence-electron chi connectivity index (χ0n) is 11.5. The summed E-state index contributed by atoms with van der Waals surface area (Å²) in [7, 11) is 0. The summed E-state index contributed by atoms with van der Waals surface area (Å²) in [6, 6.07) is 4.47. The van der Waals surface area contributed by atoms with Gasteiger partial charge in [-0.1, -0.05) is 0 Å². The van der Waals surface area contributed by atoms with Gasteiger partial charge < -0.3 is 14.4 Å². The van der Waals surface area contributed by atoms with Gasteiger partial charge in [0.25, 0.3) is 11.7 Å². The maximum atomic E-state index is 12.1. The zero-order valence-corrected chi connectivity index (χ0v) is 11.5. The van der Waals surface area contributed by atoms with Crippen molar-refractivity contribution in [2.24, 2.45) is 0 Å². The fraction of sp³-hybridized carbons (Fsp3) is 0.400. The van der Waals surface area contributed by atoms with Crippen molar-refractivity contribution in [3.05, 3.63) is 23.8 Å². The summed E-state index contributed by atoms with van der Waals surface area (Å²) < 4.78 is 10.3. The summed E-state index contributed by atoms with van der Waals surface area (Å²) in [6.45, 7) is 1.17. The van der Waals surface area contributed by atoms with Gasteiger partial charge >= 0.3 is 0 Å². The third-order valence-corrected chi connectivity index (χ3v) is 3.68. The number of hydrogen-bond acceptors (Lipinski definition) is 5. The van der Waals surface area contributed by atoms with E-state index in [0.29, 0.717) is 24.6 Å². The molecule has 0 bridgehead atoms. The number of Topliss-reactive ketones (excluding diaryl/α,β-unsaturated/α-hetero) is 2. The molecule has 6 heteroatoms. The Hall–Kier alpha value is -2.37. The number of hydrogen-bond donors (Lipinski definition) is 0. The SMILES string of the molecule is O=C(C(=O)c1ccc2c(c1)OCO2)C(=O)N1CCCCC1. The third kappa shape index (κ3) is 2.61. The normalized spacial score (nSPS) is 16.7. The van der Waals surface area contributed by atoms with Crippen LogP contribution in [0.5, 0.6) is 11.5 Å². The molecule has 0 aliphatic carbocycles. The molecule has 0 atom stereocenters. The average molecular weight is 289 g/mol. The van der Waals surface area contributed by atoms with Crippen LogP contribution in [0.1, 0.15) is 29.6 Å². The summed E-state index contributed by atoms with van der Waals surface area (Å²) >= 11 is 0. The molecule has 1 fully saturated rings. The minimum absolute atomic E-state index is 0.0909. The van der Waals surface area contributed by atoms with E-state index in [0.717, 1.165) is 19.3 Å².